The number of rotatable bonds is 3. The second-order valence-electron chi connectivity index (χ2n) is 4.52. The van der Waals surface area contributed by atoms with Crippen molar-refractivity contribution >= 4 is 11.6 Å². The van der Waals surface area contributed by atoms with Gasteiger partial charge < -0.3 is 11.1 Å². The number of carbonyl (C=O) groups is 1. The Balaban J connectivity index is 2.05. The van der Waals surface area contributed by atoms with E-state index in [1.165, 1.54) is 0 Å². The first-order valence-corrected chi connectivity index (χ1v) is 6.13. The molecule has 0 unspecified atom stereocenters. The summed E-state index contributed by atoms with van der Waals surface area (Å²) in [6.07, 6.45) is 1.72. The first-order valence-electron chi connectivity index (χ1n) is 6.13. The van der Waals surface area contributed by atoms with Gasteiger partial charge in [-0.2, -0.15) is 0 Å². The summed E-state index contributed by atoms with van der Waals surface area (Å²) in [5.41, 5.74) is 9.88. The van der Waals surface area contributed by atoms with Crippen molar-refractivity contribution in [1.29, 1.82) is 0 Å². The molecule has 1 amide bonds. The number of benzene rings is 1. The largest absolute Gasteiger partial charge is 0.399 e. The van der Waals surface area contributed by atoms with Crippen molar-refractivity contribution in [2.45, 2.75) is 20.4 Å². The standard InChI is InChI=1S/C15H17N3O/c1-10-4-3-7-17-14(10)9-18-15(19)12-5-6-13(16)11(2)8-12/h3-8H,9,16H2,1-2H3,(H,18,19). The lowest BCUT2D eigenvalue weighted by molar-refractivity contribution is 0.0950. The molecular formula is C15H17N3O. The molecule has 0 aliphatic rings. The minimum atomic E-state index is -0.117. The molecule has 1 heterocycles. The molecule has 0 aliphatic heterocycles. The maximum Gasteiger partial charge on any atom is 0.251 e. The average Bonchev–Trinajstić information content (AvgIpc) is 2.40. The lowest BCUT2D eigenvalue weighted by atomic mass is 10.1. The predicted molar refractivity (Wildman–Crippen MR) is 75.7 cm³/mol. The molecule has 0 atom stereocenters. The van der Waals surface area contributed by atoms with Crippen molar-refractivity contribution in [1.82, 2.24) is 10.3 Å². The van der Waals surface area contributed by atoms with E-state index in [9.17, 15) is 4.79 Å². The van der Waals surface area contributed by atoms with Crippen LogP contribution in [0.2, 0.25) is 0 Å². The zero-order chi connectivity index (χ0) is 13.8. The van der Waals surface area contributed by atoms with Crippen molar-refractivity contribution in [2.75, 3.05) is 5.73 Å². The molecule has 2 aromatic rings. The lowest BCUT2D eigenvalue weighted by Crippen LogP contribution is -2.23. The summed E-state index contributed by atoms with van der Waals surface area (Å²) in [6, 6.07) is 9.11. The topological polar surface area (TPSA) is 68.0 Å². The van der Waals surface area contributed by atoms with Crippen LogP contribution in [-0.2, 0) is 6.54 Å². The Bertz CT molecular complexity index is 608. The van der Waals surface area contributed by atoms with Crippen molar-refractivity contribution in [3.8, 4) is 0 Å². The highest BCUT2D eigenvalue weighted by Crippen LogP contribution is 2.12. The van der Waals surface area contributed by atoms with Crippen LogP contribution in [0.15, 0.2) is 36.5 Å². The molecule has 0 aliphatic carbocycles. The Morgan fingerprint density at radius 3 is 2.74 bits per heavy atom. The van der Waals surface area contributed by atoms with Gasteiger partial charge in [0.05, 0.1) is 12.2 Å². The number of nitrogen functional groups attached to an aromatic ring is 1. The van der Waals surface area contributed by atoms with Gasteiger partial charge >= 0.3 is 0 Å². The smallest absolute Gasteiger partial charge is 0.251 e. The molecule has 1 aromatic carbocycles. The van der Waals surface area contributed by atoms with Gasteiger partial charge in [0.1, 0.15) is 0 Å². The van der Waals surface area contributed by atoms with E-state index in [2.05, 4.69) is 10.3 Å². The summed E-state index contributed by atoms with van der Waals surface area (Å²) in [6.45, 7) is 4.28. The number of carbonyl (C=O) groups excluding carboxylic acids is 1. The molecule has 0 radical (unpaired) electrons. The van der Waals surface area contributed by atoms with Crippen LogP contribution in [-0.4, -0.2) is 10.9 Å². The lowest BCUT2D eigenvalue weighted by Gasteiger charge is -2.08. The Morgan fingerprint density at radius 2 is 2.05 bits per heavy atom. The molecule has 3 N–H and O–H groups in total. The predicted octanol–water partition coefficient (Wildman–Crippen LogP) is 2.21. The zero-order valence-corrected chi connectivity index (χ0v) is 11.1. The molecule has 4 nitrogen and oxygen atoms in total. The van der Waals surface area contributed by atoms with Gasteiger partial charge in [-0.05, 0) is 49.2 Å². The number of pyridine rings is 1. The maximum absolute atomic E-state index is 12.0. The number of hydrogen-bond donors (Lipinski definition) is 2. The summed E-state index contributed by atoms with van der Waals surface area (Å²) in [7, 11) is 0. The van der Waals surface area contributed by atoms with E-state index in [4.69, 9.17) is 5.73 Å². The Hall–Kier alpha value is -2.36. The number of nitrogens with two attached hydrogens (primary N) is 1. The molecule has 98 valence electrons. The molecule has 0 saturated carbocycles. The number of nitrogens with one attached hydrogen (secondary N) is 1. The Morgan fingerprint density at radius 1 is 1.26 bits per heavy atom. The summed E-state index contributed by atoms with van der Waals surface area (Å²) < 4.78 is 0. The number of amides is 1. The molecule has 0 fully saturated rings. The van der Waals surface area contributed by atoms with E-state index >= 15 is 0 Å². The van der Waals surface area contributed by atoms with Crippen LogP contribution in [0, 0.1) is 13.8 Å². The second kappa shape index (κ2) is 5.52. The van der Waals surface area contributed by atoms with Gasteiger partial charge in [0.2, 0.25) is 0 Å². The summed E-state index contributed by atoms with van der Waals surface area (Å²) in [4.78, 5) is 16.3. The normalized spacial score (nSPS) is 10.2. The number of anilines is 1. The maximum atomic E-state index is 12.0. The number of nitrogens with zero attached hydrogens (tertiary/aromatic N) is 1. The summed E-state index contributed by atoms with van der Waals surface area (Å²) in [5.74, 6) is -0.117. The highest BCUT2D eigenvalue weighted by atomic mass is 16.1. The van der Waals surface area contributed by atoms with E-state index in [-0.39, 0.29) is 5.91 Å². The van der Waals surface area contributed by atoms with Gasteiger partial charge in [-0.15, -0.1) is 0 Å². The highest BCUT2D eigenvalue weighted by Gasteiger charge is 2.07. The molecular weight excluding hydrogens is 238 g/mol. The monoisotopic (exact) mass is 255 g/mol. The Labute approximate surface area is 112 Å². The van der Waals surface area contributed by atoms with Crippen molar-refractivity contribution in [3.05, 3.63) is 58.9 Å². The number of hydrogen-bond acceptors (Lipinski definition) is 3. The zero-order valence-electron chi connectivity index (χ0n) is 11.1. The molecule has 0 saturated heterocycles. The van der Waals surface area contributed by atoms with Crippen LogP contribution in [0.3, 0.4) is 0 Å². The fourth-order valence-electron chi connectivity index (χ4n) is 1.79. The second-order valence-corrected chi connectivity index (χ2v) is 4.52. The highest BCUT2D eigenvalue weighted by molar-refractivity contribution is 5.94. The number of aryl methyl sites for hydroxylation is 2. The van der Waals surface area contributed by atoms with E-state index in [0.29, 0.717) is 17.8 Å². The quantitative estimate of drug-likeness (QED) is 0.826. The van der Waals surface area contributed by atoms with Crippen molar-refractivity contribution in [2.24, 2.45) is 0 Å². The molecule has 0 bridgehead atoms. The van der Waals surface area contributed by atoms with Crippen molar-refractivity contribution < 1.29 is 4.79 Å². The first kappa shape index (κ1) is 13.1. The summed E-state index contributed by atoms with van der Waals surface area (Å²) >= 11 is 0. The van der Waals surface area contributed by atoms with E-state index in [1.807, 2.05) is 26.0 Å². The third-order valence-corrected chi connectivity index (χ3v) is 3.07. The molecule has 19 heavy (non-hydrogen) atoms. The van der Waals surface area contributed by atoms with Crippen LogP contribution in [0.4, 0.5) is 5.69 Å². The first-order chi connectivity index (χ1) is 9.08. The van der Waals surface area contributed by atoms with E-state index in [0.717, 1.165) is 16.8 Å². The average molecular weight is 255 g/mol. The van der Waals surface area contributed by atoms with Crippen LogP contribution in [0.5, 0.6) is 0 Å². The van der Waals surface area contributed by atoms with Gasteiger partial charge in [0.15, 0.2) is 0 Å². The minimum absolute atomic E-state index is 0.117. The van der Waals surface area contributed by atoms with Gasteiger partial charge in [-0.25, -0.2) is 0 Å². The van der Waals surface area contributed by atoms with Gasteiger partial charge in [-0.3, -0.25) is 9.78 Å². The van der Waals surface area contributed by atoms with Gasteiger partial charge in [0.25, 0.3) is 5.91 Å². The molecule has 2 rings (SSSR count). The third kappa shape index (κ3) is 3.10. The Kier molecular flexibility index (Phi) is 3.80. The van der Waals surface area contributed by atoms with E-state index < -0.39 is 0 Å². The fourth-order valence-corrected chi connectivity index (χ4v) is 1.79. The summed E-state index contributed by atoms with van der Waals surface area (Å²) in [5, 5.41) is 2.86. The van der Waals surface area contributed by atoms with Gasteiger partial charge in [0, 0.05) is 17.4 Å². The number of aromatic nitrogens is 1. The van der Waals surface area contributed by atoms with E-state index in [1.54, 1.807) is 24.4 Å². The van der Waals surface area contributed by atoms with Crippen LogP contribution < -0.4 is 11.1 Å². The van der Waals surface area contributed by atoms with Crippen LogP contribution in [0.25, 0.3) is 0 Å². The molecule has 1 aromatic heterocycles. The minimum Gasteiger partial charge on any atom is -0.399 e. The van der Waals surface area contributed by atoms with Crippen LogP contribution >= 0.6 is 0 Å². The van der Waals surface area contributed by atoms with Gasteiger partial charge in [-0.1, -0.05) is 6.07 Å². The molecule has 0 spiro atoms. The SMILES string of the molecule is Cc1cc(C(=O)NCc2ncccc2C)ccc1N. The van der Waals surface area contributed by atoms with Crippen molar-refractivity contribution in [3.63, 3.8) is 0 Å². The fraction of sp³-hybridized carbons (Fsp3) is 0.200. The van der Waals surface area contributed by atoms with Crippen LogP contribution in [0.1, 0.15) is 27.2 Å². The third-order valence-electron chi connectivity index (χ3n) is 3.07. The molecule has 4 heteroatoms.